The van der Waals surface area contributed by atoms with Gasteiger partial charge in [0.2, 0.25) is 5.91 Å². The lowest BCUT2D eigenvalue weighted by molar-refractivity contribution is -0.132. The van der Waals surface area contributed by atoms with Crippen molar-refractivity contribution in [2.45, 2.75) is 26.7 Å². The van der Waals surface area contributed by atoms with Gasteiger partial charge in [0, 0.05) is 12.6 Å². The number of nitrogens with zero attached hydrogens (tertiary/aromatic N) is 1. The second-order valence-electron chi connectivity index (χ2n) is 8.00. The molecule has 0 aliphatic carbocycles. The molecule has 1 aliphatic heterocycles. The third kappa shape index (κ3) is 7.36. The van der Waals surface area contributed by atoms with Gasteiger partial charge < -0.3 is 19.5 Å². The number of anilines is 1. The number of benzene rings is 2. The van der Waals surface area contributed by atoms with E-state index in [9.17, 15) is 24.0 Å². The summed E-state index contributed by atoms with van der Waals surface area (Å²) in [7, 11) is 1.40. The van der Waals surface area contributed by atoms with Crippen molar-refractivity contribution in [1.82, 2.24) is 4.90 Å². The highest BCUT2D eigenvalue weighted by Gasteiger charge is 2.36. The zero-order chi connectivity index (χ0) is 27.8. The number of esters is 2. The zero-order valence-electron chi connectivity index (χ0n) is 20.9. The molecule has 2 aromatic carbocycles. The predicted molar refractivity (Wildman–Crippen MR) is 142 cm³/mol. The number of imide groups is 1. The number of methoxy groups -OCH3 is 1. The summed E-state index contributed by atoms with van der Waals surface area (Å²) in [5.41, 5.74) is 0.862. The van der Waals surface area contributed by atoms with E-state index < -0.39 is 35.5 Å². The van der Waals surface area contributed by atoms with E-state index >= 15 is 0 Å². The average molecular weight is 561 g/mol. The van der Waals surface area contributed by atoms with Crippen molar-refractivity contribution in [2.24, 2.45) is 0 Å². The van der Waals surface area contributed by atoms with Crippen LogP contribution in [0.25, 0.3) is 6.08 Å². The molecule has 0 radical (unpaired) electrons. The summed E-state index contributed by atoms with van der Waals surface area (Å²) in [4.78, 5) is 62.4. The Kier molecular flexibility index (Phi) is 9.91. The summed E-state index contributed by atoms with van der Waals surface area (Å²) in [6.07, 6.45) is 3.04. The molecule has 10 nitrogen and oxygen atoms in total. The van der Waals surface area contributed by atoms with Crippen LogP contribution in [0.3, 0.4) is 0 Å². The normalized spacial score (nSPS) is 14.0. The van der Waals surface area contributed by atoms with Crippen LogP contribution in [0.5, 0.6) is 11.5 Å². The topological polar surface area (TPSA) is 128 Å². The molecule has 0 aromatic heterocycles. The lowest BCUT2D eigenvalue weighted by Crippen LogP contribution is -2.36. The van der Waals surface area contributed by atoms with Gasteiger partial charge in [0.1, 0.15) is 6.54 Å². The number of ether oxygens (including phenoxy) is 3. The summed E-state index contributed by atoms with van der Waals surface area (Å²) >= 11 is 6.78. The molecule has 0 unspecified atom stereocenters. The molecule has 0 spiro atoms. The van der Waals surface area contributed by atoms with Gasteiger partial charge in [-0.1, -0.05) is 31.0 Å². The van der Waals surface area contributed by atoms with Gasteiger partial charge in [-0.15, -0.1) is 0 Å². The Hall–Kier alpha value is -3.83. The van der Waals surface area contributed by atoms with Gasteiger partial charge in [-0.2, -0.15) is 0 Å². The summed E-state index contributed by atoms with van der Waals surface area (Å²) in [6.45, 7) is 2.94. The van der Waals surface area contributed by atoms with E-state index in [0.29, 0.717) is 23.7 Å². The van der Waals surface area contributed by atoms with Gasteiger partial charge in [0.25, 0.3) is 11.1 Å². The van der Waals surface area contributed by atoms with E-state index in [1.807, 2.05) is 6.92 Å². The van der Waals surface area contributed by atoms with Gasteiger partial charge >= 0.3 is 11.9 Å². The van der Waals surface area contributed by atoms with Crippen LogP contribution in [0.2, 0.25) is 5.02 Å². The summed E-state index contributed by atoms with van der Waals surface area (Å²) < 4.78 is 15.5. The van der Waals surface area contributed by atoms with Gasteiger partial charge in [-0.05, 0) is 60.2 Å². The van der Waals surface area contributed by atoms with E-state index in [1.54, 1.807) is 12.1 Å². The first kappa shape index (κ1) is 28.7. The Labute approximate surface area is 228 Å². The number of rotatable bonds is 10. The summed E-state index contributed by atoms with van der Waals surface area (Å²) in [6, 6.07) is 8.94. The maximum absolute atomic E-state index is 12.8. The van der Waals surface area contributed by atoms with Crippen molar-refractivity contribution in [3.05, 3.63) is 57.5 Å². The van der Waals surface area contributed by atoms with E-state index in [2.05, 4.69) is 5.32 Å². The number of hydrogen-bond acceptors (Lipinski definition) is 9. The molecule has 3 amide bonds. The molecule has 0 saturated carbocycles. The fourth-order valence-electron chi connectivity index (χ4n) is 3.29. The van der Waals surface area contributed by atoms with Crippen LogP contribution in [-0.4, -0.2) is 54.2 Å². The number of nitrogens with one attached hydrogen (secondary N) is 1. The quantitative estimate of drug-likeness (QED) is 0.186. The van der Waals surface area contributed by atoms with E-state index in [1.165, 1.54) is 44.4 Å². The Morgan fingerprint density at radius 3 is 2.55 bits per heavy atom. The molecule has 0 bridgehead atoms. The van der Waals surface area contributed by atoms with Crippen molar-refractivity contribution in [1.29, 1.82) is 0 Å². The molecule has 0 atom stereocenters. The second kappa shape index (κ2) is 13.1. The number of carbonyl (C=O) groups excluding carboxylic acids is 5. The monoisotopic (exact) mass is 560 g/mol. The minimum atomic E-state index is -0.645. The third-order valence-electron chi connectivity index (χ3n) is 5.12. The second-order valence-corrected chi connectivity index (χ2v) is 9.40. The highest BCUT2D eigenvalue weighted by Crippen LogP contribution is 2.34. The highest BCUT2D eigenvalue weighted by atomic mass is 35.5. The maximum atomic E-state index is 12.8. The van der Waals surface area contributed by atoms with Crippen LogP contribution in [-0.2, 0) is 19.1 Å². The van der Waals surface area contributed by atoms with Crippen molar-refractivity contribution >= 4 is 64.1 Å². The largest absolute Gasteiger partial charge is 0.493 e. The number of halogens is 1. The Balaban J connectivity index is 1.68. The van der Waals surface area contributed by atoms with Crippen LogP contribution >= 0.6 is 23.4 Å². The molecule has 1 heterocycles. The molecule has 1 fully saturated rings. The number of amides is 3. The fourth-order valence-corrected chi connectivity index (χ4v) is 4.32. The molecule has 1 saturated heterocycles. The maximum Gasteiger partial charge on any atom is 0.339 e. The molecule has 38 heavy (non-hydrogen) atoms. The molecule has 3 rings (SSSR count). The Morgan fingerprint density at radius 2 is 1.87 bits per heavy atom. The van der Waals surface area contributed by atoms with Gasteiger partial charge in [0.15, 0.2) is 11.5 Å². The van der Waals surface area contributed by atoms with Crippen molar-refractivity contribution < 1.29 is 38.2 Å². The standard InChI is InChI=1S/C26H25ClN2O8S/c1-4-5-10-36-25(33)18-13-17(7-8-19(18)27)28-23(31)14-29-24(32)22(38-26(29)34)12-16-6-9-20(37-15(2)30)21(11-16)35-3/h6-9,11-13H,4-5,10,14H2,1-3H3,(H,28,31)/b22-12-. The molecule has 2 aromatic rings. The molecule has 1 N–H and O–H groups in total. The number of thioether (sulfide) groups is 1. The number of hydrogen-bond donors (Lipinski definition) is 1. The molecule has 200 valence electrons. The molecular weight excluding hydrogens is 536 g/mol. The first-order valence-corrected chi connectivity index (χ1v) is 12.7. The van der Waals surface area contributed by atoms with Crippen molar-refractivity contribution in [3.63, 3.8) is 0 Å². The lowest BCUT2D eigenvalue weighted by atomic mass is 10.2. The smallest absolute Gasteiger partial charge is 0.339 e. The molecule has 12 heteroatoms. The molecular formula is C26H25ClN2O8S. The van der Waals surface area contributed by atoms with E-state index in [0.717, 1.165) is 11.3 Å². The minimum absolute atomic E-state index is 0.0878. The van der Waals surface area contributed by atoms with E-state index in [4.69, 9.17) is 25.8 Å². The van der Waals surface area contributed by atoms with Crippen LogP contribution in [0.4, 0.5) is 10.5 Å². The SMILES string of the molecule is CCCCOC(=O)c1cc(NC(=O)CN2C(=O)S/C(=C\c3ccc(OC(C)=O)c(OC)c3)C2=O)ccc1Cl. The number of unbranched alkanes of at least 4 members (excludes halogenated alkanes) is 1. The minimum Gasteiger partial charge on any atom is -0.493 e. The van der Waals surface area contributed by atoms with Crippen molar-refractivity contribution in [3.8, 4) is 11.5 Å². The summed E-state index contributed by atoms with van der Waals surface area (Å²) in [5, 5.41) is 2.11. The lowest BCUT2D eigenvalue weighted by Gasteiger charge is -2.13. The Bertz CT molecular complexity index is 1310. The fraction of sp³-hybridized carbons (Fsp3) is 0.269. The van der Waals surface area contributed by atoms with Gasteiger partial charge in [-0.3, -0.25) is 24.1 Å². The predicted octanol–water partition coefficient (Wildman–Crippen LogP) is 4.91. The average Bonchev–Trinajstić information content (AvgIpc) is 3.13. The van der Waals surface area contributed by atoms with Crippen molar-refractivity contribution in [2.75, 3.05) is 25.6 Å². The highest BCUT2D eigenvalue weighted by molar-refractivity contribution is 8.18. The first-order chi connectivity index (χ1) is 18.1. The van der Waals surface area contributed by atoms with Gasteiger partial charge in [-0.25, -0.2) is 4.79 Å². The van der Waals surface area contributed by atoms with Crippen LogP contribution in [0.15, 0.2) is 41.3 Å². The molecule has 1 aliphatic rings. The number of carbonyl (C=O) groups is 5. The third-order valence-corrected chi connectivity index (χ3v) is 6.35. The van der Waals surface area contributed by atoms with Gasteiger partial charge in [0.05, 0.1) is 29.2 Å². The zero-order valence-corrected chi connectivity index (χ0v) is 22.4. The van der Waals surface area contributed by atoms with Crippen LogP contribution in [0, 0.1) is 0 Å². The van der Waals surface area contributed by atoms with Crippen LogP contribution in [0.1, 0.15) is 42.6 Å². The van der Waals surface area contributed by atoms with E-state index in [-0.39, 0.29) is 39.3 Å². The summed E-state index contributed by atoms with van der Waals surface area (Å²) in [5.74, 6) is -1.95. The van der Waals surface area contributed by atoms with Crippen LogP contribution < -0.4 is 14.8 Å². The Morgan fingerprint density at radius 1 is 1.11 bits per heavy atom. The first-order valence-electron chi connectivity index (χ1n) is 11.5.